The number of halogens is 9. The SMILES string of the molecule is FC(F)(F)CC(CC(F)(F)F)CC(F)(F)F. The first-order chi connectivity index (χ1) is 6.79. The van der Waals surface area contributed by atoms with Gasteiger partial charge in [0.2, 0.25) is 0 Å². The molecule has 0 atom stereocenters. The van der Waals surface area contributed by atoms with Gasteiger partial charge < -0.3 is 0 Å². The van der Waals surface area contributed by atoms with E-state index in [-0.39, 0.29) is 0 Å². The largest absolute Gasteiger partial charge is 0.389 e. The van der Waals surface area contributed by atoms with E-state index in [1.165, 1.54) is 0 Å². The van der Waals surface area contributed by atoms with Crippen LogP contribution in [0.4, 0.5) is 39.5 Å². The maximum Gasteiger partial charge on any atom is 0.389 e. The second-order valence-corrected chi connectivity index (χ2v) is 3.32. The van der Waals surface area contributed by atoms with Crippen molar-refractivity contribution in [2.75, 3.05) is 0 Å². The van der Waals surface area contributed by atoms with Crippen molar-refractivity contribution in [1.29, 1.82) is 0 Å². The molecule has 0 radical (unpaired) electrons. The van der Waals surface area contributed by atoms with Gasteiger partial charge in [0.25, 0.3) is 0 Å². The third kappa shape index (κ3) is 9.91. The number of alkyl halides is 9. The van der Waals surface area contributed by atoms with Gasteiger partial charge in [0.05, 0.1) is 0 Å². The lowest BCUT2D eigenvalue weighted by atomic mass is 9.96. The van der Waals surface area contributed by atoms with Crippen molar-refractivity contribution >= 4 is 0 Å². The minimum Gasteiger partial charge on any atom is -0.171 e. The molecule has 0 amide bonds. The fraction of sp³-hybridized carbons (Fsp3) is 1.00. The van der Waals surface area contributed by atoms with Crippen LogP contribution >= 0.6 is 0 Å². The van der Waals surface area contributed by atoms with E-state index >= 15 is 0 Å². The summed E-state index contributed by atoms with van der Waals surface area (Å²) in [6, 6.07) is 0. The molecule has 0 saturated heterocycles. The monoisotopic (exact) mass is 262 g/mol. The number of hydrogen-bond donors (Lipinski definition) is 0. The second-order valence-electron chi connectivity index (χ2n) is 3.32. The molecule has 0 aromatic carbocycles. The van der Waals surface area contributed by atoms with E-state index in [1.807, 2.05) is 0 Å². The van der Waals surface area contributed by atoms with E-state index in [9.17, 15) is 39.5 Å². The first-order valence-corrected chi connectivity index (χ1v) is 3.99. The molecule has 0 aromatic rings. The molecular formula is C7H7F9. The Morgan fingerprint density at radius 2 is 0.688 bits per heavy atom. The molecule has 0 rings (SSSR count). The summed E-state index contributed by atoms with van der Waals surface area (Å²) in [5.74, 6) is -2.51. The number of hydrogen-bond acceptors (Lipinski definition) is 0. The predicted octanol–water partition coefficient (Wildman–Crippen LogP) is 4.46. The van der Waals surface area contributed by atoms with E-state index in [4.69, 9.17) is 0 Å². The molecular weight excluding hydrogens is 255 g/mol. The van der Waals surface area contributed by atoms with Gasteiger partial charge in [-0.2, -0.15) is 39.5 Å². The zero-order chi connectivity index (χ0) is 13.2. The van der Waals surface area contributed by atoms with E-state index in [2.05, 4.69) is 0 Å². The zero-order valence-electron chi connectivity index (χ0n) is 7.60. The molecule has 0 aromatic heterocycles. The van der Waals surface area contributed by atoms with Crippen molar-refractivity contribution in [2.24, 2.45) is 5.92 Å². The minimum absolute atomic E-state index is 2.09. The molecule has 0 aliphatic heterocycles. The highest BCUT2D eigenvalue weighted by atomic mass is 19.4. The van der Waals surface area contributed by atoms with Crippen molar-refractivity contribution in [3.05, 3.63) is 0 Å². The fourth-order valence-corrected chi connectivity index (χ4v) is 1.20. The van der Waals surface area contributed by atoms with Gasteiger partial charge in [-0.15, -0.1) is 0 Å². The highest BCUT2D eigenvalue weighted by molar-refractivity contribution is 4.71. The topological polar surface area (TPSA) is 0 Å². The third-order valence-corrected chi connectivity index (χ3v) is 1.56. The molecule has 0 unspecified atom stereocenters. The Morgan fingerprint density at radius 1 is 0.500 bits per heavy atom. The summed E-state index contributed by atoms with van der Waals surface area (Å²) in [6.07, 6.45) is -21.4. The van der Waals surface area contributed by atoms with Gasteiger partial charge in [-0.25, -0.2) is 0 Å². The van der Waals surface area contributed by atoms with Crippen LogP contribution in [0, 0.1) is 5.92 Å². The molecule has 0 nitrogen and oxygen atoms in total. The van der Waals surface area contributed by atoms with Crippen LogP contribution in [-0.2, 0) is 0 Å². The van der Waals surface area contributed by atoms with E-state index < -0.39 is 43.7 Å². The molecule has 0 bridgehead atoms. The van der Waals surface area contributed by atoms with Crippen LogP contribution in [-0.4, -0.2) is 18.5 Å². The first-order valence-electron chi connectivity index (χ1n) is 3.99. The summed E-state index contributed by atoms with van der Waals surface area (Å²) in [4.78, 5) is 0. The highest BCUT2D eigenvalue weighted by Crippen LogP contribution is 2.38. The predicted molar refractivity (Wildman–Crippen MR) is 35.5 cm³/mol. The Kier molecular flexibility index (Phi) is 4.52. The van der Waals surface area contributed by atoms with Gasteiger partial charge in [0.15, 0.2) is 0 Å². The fourth-order valence-electron chi connectivity index (χ4n) is 1.20. The van der Waals surface area contributed by atoms with Crippen LogP contribution in [0.5, 0.6) is 0 Å². The van der Waals surface area contributed by atoms with Crippen molar-refractivity contribution in [3.8, 4) is 0 Å². The first kappa shape index (κ1) is 15.4. The van der Waals surface area contributed by atoms with Crippen molar-refractivity contribution in [1.82, 2.24) is 0 Å². The van der Waals surface area contributed by atoms with Gasteiger partial charge >= 0.3 is 18.5 Å². The van der Waals surface area contributed by atoms with Gasteiger partial charge in [-0.3, -0.25) is 0 Å². The summed E-state index contributed by atoms with van der Waals surface area (Å²) in [5, 5.41) is 0. The van der Waals surface area contributed by atoms with Crippen LogP contribution < -0.4 is 0 Å². The Labute approximate surface area is 84.4 Å². The maximum absolute atomic E-state index is 11.7. The molecule has 16 heavy (non-hydrogen) atoms. The Hall–Kier alpha value is -0.630. The molecule has 0 N–H and O–H groups in total. The standard InChI is InChI=1S/C7H7F9/c8-5(9,10)1-4(2-6(11,12)13)3-7(14,15)16/h4H,1-3H2. The minimum atomic E-state index is -5.04. The van der Waals surface area contributed by atoms with Crippen molar-refractivity contribution < 1.29 is 39.5 Å². The number of rotatable bonds is 3. The van der Waals surface area contributed by atoms with Crippen LogP contribution in [0.25, 0.3) is 0 Å². The van der Waals surface area contributed by atoms with Gasteiger partial charge in [0, 0.05) is 19.3 Å². The molecule has 0 fully saturated rings. The second kappa shape index (κ2) is 4.70. The maximum atomic E-state index is 11.7. The molecule has 9 heteroatoms. The van der Waals surface area contributed by atoms with Crippen LogP contribution in [0.2, 0.25) is 0 Å². The van der Waals surface area contributed by atoms with Gasteiger partial charge in [-0.05, 0) is 5.92 Å². The average molecular weight is 262 g/mol. The summed E-state index contributed by atoms with van der Waals surface area (Å²) in [5.41, 5.74) is 0. The molecule has 98 valence electrons. The lowest BCUT2D eigenvalue weighted by molar-refractivity contribution is -0.197. The van der Waals surface area contributed by atoms with Crippen LogP contribution in [0.1, 0.15) is 19.3 Å². The highest BCUT2D eigenvalue weighted by Gasteiger charge is 2.43. The summed E-state index contributed by atoms with van der Waals surface area (Å²) in [7, 11) is 0. The Bertz CT molecular complexity index is 169. The quantitative estimate of drug-likeness (QED) is 0.659. The van der Waals surface area contributed by atoms with Crippen LogP contribution in [0.3, 0.4) is 0 Å². The summed E-state index contributed by atoms with van der Waals surface area (Å²) in [6.45, 7) is 0. The molecule has 0 saturated carbocycles. The summed E-state index contributed by atoms with van der Waals surface area (Å²) >= 11 is 0. The third-order valence-electron chi connectivity index (χ3n) is 1.56. The van der Waals surface area contributed by atoms with E-state index in [0.29, 0.717) is 0 Å². The van der Waals surface area contributed by atoms with Gasteiger partial charge in [0.1, 0.15) is 0 Å². The van der Waals surface area contributed by atoms with E-state index in [1.54, 1.807) is 0 Å². The normalized spacial score (nSPS) is 14.6. The van der Waals surface area contributed by atoms with Crippen LogP contribution in [0.15, 0.2) is 0 Å². The van der Waals surface area contributed by atoms with Gasteiger partial charge in [-0.1, -0.05) is 0 Å². The Morgan fingerprint density at radius 3 is 0.812 bits per heavy atom. The summed E-state index contributed by atoms with van der Waals surface area (Å²) < 4.78 is 105. The average Bonchev–Trinajstić information content (AvgIpc) is 1.70. The Balaban J connectivity index is 4.53. The molecule has 0 aliphatic carbocycles. The zero-order valence-corrected chi connectivity index (χ0v) is 7.60. The lowest BCUT2D eigenvalue weighted by Crippen LogP contribution is -2.26. The van der Waals surface area contributed by atoms with E-state index in [0.717, 1.165) is 0 Å². The molecule has 0 heterocycles. The lowest BCUT2D eigenvalue weighted by Gasteiger charge is -2.21. The van der Waals surface area contributed by atoms with Crippen molar-refractivity contribution in [3.63, 3.8) is 0 Å². The molecule has 0 aliphatic rings. The smallest absolute Gasteiger partial charge is 0.171 e. The molecule has 0 spiro atoms. The van der Waals surface area contributed by atoms with Crippen molar-refractivity contribution in [2.45, 2.75) is 37.8 Å².